The van der Waals surface area contributed by atoms with Crippen molar-refractivity contribution in [1.82, 2.24) is 5.32 Å². The van der Waals surface area contributed by atoms with Gasteiger partial charge in [0.25, 0.3) is 0 Å². The van der Waals surface area contributed by atoms with Gasteiger partial charge < -0.3 is 34.1 Å². The third kappa shape index (κ3) is 9.77. The molecule has 0 amide bonds. The first-order chi connectivity index (χ1) is 15.6. The number of carboxylic acids is 1. The molecular formula is C22H31NO10. The van der Waals surface area contributed by atoms with Gasteiger partial charge in [-0.2, -0.15) is 0 Å². The molecule has 1 aromatic rings. The SMILES string of the molecule is CCCC(C)C(=O)OC(C)CN[C@@H](Cc1ccc(OC(=O)OC)c(OC(=O)OC)c1)C(=O)O. The summed E-state index contributed by atoms with van der Waals surface area (Å²) >= 11 is 0. The van der Waals surface area contributed by atoms with E-state index in [4.69, 9.17) is 14.2 Å². The van der Waals surface area contributed by atoms with Crippen LogP contribution in [0.4, 0.5) is 9.59 Å². The van der Waals surface area contributed by atoms with E-state index in [1.165, 1.54) is 18.2 Å². The van der Waals surface area contributed by atoms with Crippen LogP contribution in [0.5, 0.6) is 11.5 Å². The normalized spacial score (nSPS) is 13.2. The van der Waals surface area contributed by atoms with E-state index in [1.54, 1.807) is 13.8 Å². The molecule has 0 heterocycles. The van der Waals surface area contributed by atoms with Crippen molar-refractivity contribution in [2.45, 2.75) is 52.2 Å². The average Bonchev–Trinajstić information content (AvgIpc) is 2.77. The smallest absolute Gasteiger partial charge is 0.480 e. The Balaban J connectivity index is 2.88. The number of rotatable bonds is 12. The van der Waals surface area contributed by atoms with E-state index in [0.29, 0.717) is 12.0 Å². The highest BCUT2D eigenvalue weighted by atomic mass is 16.7. The Morgan fingerprint density at radius 1 is 1.00 bits per heavy atom. The molecule has 1 rings (SSSR count). The molecule has 2 unspecified atom stereocenters. The fourth-order valence-electron chi connectivity index (χ4n) is 2.80. The molecule has 3 atom stereocenters. The molecule has 0 fully saturated rings. The minimum absolute atomic E-state index is 0.00171. The van der Waals surface area contributed by atoms with Gasteiger partial charge in [0.1, 0.15) is 12.1 Å². The first kappa shape index (κ1) is 27.7. The second-order valence-electron chi connectivity index (χ2n) is 7.33. The molecule has 1 aromatic carbocycles. The lowest BCUT2D eigenvalue weighted by Gasteiger charge is -2.20. The number of methoxy groups -OCH3 is 2. The number of hydrogen-bond acceptors (Lipinski definition) is 10. The Morgan fingerprint density at radius 3 is 2.15 bits per heavy atom. The molecule has 0 bridgehead atoms. The fraction of sp³-hybridized carbons (Fsp3) is 0.545. The first-order valence-corrected chi connectivity index (χ1v) is 10.4. The fourth-order valence-corrected chi connectivity index (χ4v) is 2.80. The summed E-state index contributed by atoms with van der Waals surface area (Å²) in [5.74, 6) is -1.95. The van der Waals surface area contributed by atoms with Crippen molar-refractivity contribution < 1.29 is 48.0 Å². The molecule has 0 aliphatic heterocycles. The van der Waals surface area contributed by atoms with E-state index in [1.807, 2.05) is 6.92 Å². The second kappa shape index (κ2) is 13.9. The standard InChI is InChI=1S/C22H31NO10/c1-6-7-13(2)20(26)31-14(3)12-23-16(19(24)25)10-15-8-9-17(32-21(27)29-4)18(11-15)33-22(28)30-5/h8-9,11,13-14,16,23H,6-7,10,12H2,1-5H3,(H,24,25)/t13?,14?,16-/m0/s1. The van der Waals surface area contributed by atoms with E-state index in [9.17, 15) is 24.3 Å². The van der Waals surface area contributed by atoms with Crippen LogP contribution in [0, 0.1) is 5.92 Å². The highest BCUT2D eigenvalue weighted by molar-refractivity contribution is 5.74. The van der Waals surface area contributed by atoms with Gasteiger partial charge in [0.15, 0.2) is 11.5 Å². The summed E-state index contributed by atoms with van der Waals surface area (Å²) in [7, 11) is 2.22. The number of carbonyl (C=O) groups is 4. The molecule has 0 aliphatic carbocycles. The maximum atomic E-state index is 12.0. The van der Waals surface area contributed by atoms with Gasteiger partial charge in [-0.25, -0.2) is 9.59 Å². The number of aliphatic carboxylic acids is 1. The summed E-state index contributed by atoms with van der Waals surface area (Å²) in [5, 5.41) is 12.4. The number of hydrogen-bond donors (Lipinski definition) is 2. The van der Waals surface area contributed by atoms with Gasteiger partial charge >= 0.3 is 24.2 Å². The summed E-state index contributed by atoms with van der Waals surface area (Å²) in [5.41, 5.74) is 0.465. The third-order valence-electron chi connectivity index (χ3n) is 4.56. The monoisotopic (exact) mass is 469 g/mol. The molecule has 0 saturated heterocycles. The zero-order valence-electron chi connectivity index (χ0n) is 19.4. The van der Waals surface area contributed by atoms with Crippen LogP contribution in [-0.4, -0.2) is 62.3 Å². The number of ether oxygens (including phenoxy) is 5. The number of carbonyl (C=O) groups excluding carboxylic acids is 3. The zero-order chi connectivity index (χ0) is 25.0. The van der Waals surface area contributed by atoms with Crippen LogP contribution in [0.25, 0.3) is 0 Å². The largest absolute Gasteiger partial charge is 0.513 e. The van der Waals surface area contributed by atoms with Crippen LogP contribution in [0.2, 0.25) is 0 Å². The van der Waals surface area contributed by atoms with E-state index < -0.39 is 30.4 Å². The maximum Gasteiger partial charge on any atom is 0.513 e. The molecule has 11 nitrogen and oxygen atoms in total. The van der Waals surface area contributed by atoms with Crippen molar-refractivity contribution in [3.05, 3.63) is 23.8 Å². The Kier molecular flexibility index (Phi) is 11.7. The summed E-state index contributed by atoms with van der Waals surface area (Å²) in [6.07, 6.45) is -1.05. The van der Waals surface area contributed by atoms with Crippen LogP contribution < -0.4 is 14.8 Å². The highest BCUT2D eigenvalue weighted by Gasteiger charge is 2.23. The first-order valence-electron chi connectivity index (χ1n) is 10.4. The number of carboxylic acid groups (broad SMARTS) is 1. The maximum absolute atomic E-state index is 12.0. The third-order valence-corrected chi connectivity index (χ3v) is 4.56. The zero-order valence-corrected chi connectivity index (χ0v) is 19.4. The number of benzene rings is 1. The van der Waals surface area contributed by atoms with Crippen molar-refractivity contribution >= 4 is 24.2 Å². The summed E-state index contributed by atoms with van der Waals surface area (Å²) in [6, 6.07) is 3.17. The summed E-state index contributed by atoms with van der Waals surface area (Å²) < 4.78 is 24.1. The topological polar surface area (TPSA) is 147 Å². The highest BCUT2D eigenvalue weighted by Crippen LogP contribution is 2.30. The lowest BCUT2D eigenvalue weighted by molar-refractivity contribution is -0.152. The Hall–Kier alpha value is -3.34. The van der Waals surface area contributed by atoms with Gasteiger partial charge in [-0.3, -0.25) is 9.59 Å². The van der Waals surface area contributed by atoms with Gasteiger partial charge in [0.05, 0.1) is 20.1 Å². The van der Waals surface area contributed by atoms with E-state index in [0.717, 1.165) is 20.6 Å². The van der Waals surface area contributed by atoms with Crippen molar-refractivity contribution in [3.8, 4) is 11.5 Å². The molecule has 33 heavy (non-hydrogen) atoms. The quantitative estimate of drug-likeness (QED) is 0.264. The summed E-state index contributed by atoms with van der Waals surface area (Å²) in [4.78, 5) is 46.7. The minimum Gasteiger partial charge on any atom is -0.480 e. The van der Waals surface area contributed by atoms with Crippen LogP contribution >= 0.6 is 0 Å². The van der Waals surface area contributed by atoms with Crippen molar-refractivity contribution in [2.24, 2.45) is 5.92 Å². The molecular weight excluding hydrogens is 438 g/mol. The molecule has 0 saturated carbocycles. The van der Waals surface area contributed by atoms with Gasteiger partial charge in [-0.1, -0.05) is 26.3 Å². The Labute approximate surface area is 192 Å². The van der Waals surface area contributed by atoms with E-state index in [-0.39, 0.29) is 36.4 Å². The van der Waals surface area contributed by atoms with Crippen molar-refractivity contribution in [1.29, 1.82) is 0 Å². The van der Waals surface area contributed by atoms with Gasteiger partial charge in [0, 0.05) is 6.54 Å². The van der Waals surface area contributed by atoms with Gasteiger partial charge in [-0.15, -0.1) is 0 Å². The number of nitrogens with one attached hydrogen (secondary N) is 1. The van der Waals surface area contributed by atoms with E-state index in [2.05, 4.69) is 14.8 Å². The molecule has 0 aromatic heterocycles. The lowest BCUT2D eigenvalue weighted by atomic mass is 10.0. The van der Waals surface area contributed by atoms with Gasteiger partial charge in [-0.05, 0) is 37.5 Å². The van der Waals surface area contributed by atoms with Crippen molar-refractivity contribution in [3.63, 3.8) is 0 Å². The second-order valence-corrected chi connectivity index (χ2v) is 7.33. The minimum atomic E-state index is -1.13. The van der Waals surface area contributed by atoms with Crippen molar-refractivity contribution in [2.75, 3.05) is 20.8 Å². The average molecular weight is 469 g/mol. The molecule has 0 aliphatic rings. The van der Waals surface area contributed by atoms with Crippen LogP contribution in [-0.2, 0) is 30.2 Å². The van der Waals surface area contributed by atoms with Gasteiger partial charge in [0.2, 0.25) is 0 Å². The molecule has 184 valence electrons. The summed E-state index contributed by atoms with van der Waals surface area (Å²) in [6.45, 7) is 5.55. The Bertz CT molecular complexity index is 825. The number of esters is 1. The lowest BCUT2D eigenvalue weighted by Crippen LogP contribution is -2.43. The molecule has 2 N–H and O–H groups in total. The molecule has 0 radical (unpaired) electrons. The Morgan fingerprint density at radius 2 is 1.61 bits per heavy atom. The van der Waals surface area contributed by atoms with E-state index >= 15 is 0 Å². The predicted octanol–water partition coefficient (Wildman–Crippen LogP) is 2.93. The van der Waals surface area contributed by atoms with Crippen LogP contribution in [0.3, 0.4) is 0 Å². The molecule has 11 heteroatoms. The predicted molar refractivity (Wildman–Crippen MR) is 115 cm³/mol. The van der Waals surface area contributed by atoms with Crippen LogP contribution in [0.1, 0.15) is 39.2 Å². The molecule has 0 spiro atoms. The van der Waals surface area contributed by atoms with Crippen LogP contribution in [0.15, 0.2) is 18.2 Å².